The van der Waals surface area contributed by atoms with E-state index >= 15 is 0 Å². The van der Waals surface area contributed by atoms with Crippen LogP contribution in [0.5, 0.6) is 0 Å². The van der Waals surface area contributed by atoms with Gasteiger partial charge < -0.3 is 15.4 Å². The Balaban J connectivity index is 2.83. The lowest BCUT2D eigenvalue weighted by atomic mass is 10.2. The van der Waals surface area contributed by atoms with Crippen LogP contribution in [0.15, 0.2) is 6.20 Å². The zero-order valence-electron chi connectivity index (χ0n) is 12.0. The average molecular weight is 266 g/mol. The second kappa shape index (κ2) is 7.04. The molecule has 1 heterocycles. The maximum absolute atomic E-state index is 12.2. The molecule has 0 spiro atoms. The number of rotatable bonds is 6. The fraction of sp³-hybridized carbons (Fsp3) is 0.615. The Hall–Kier alpha value is -1.69. The quantitative estimate of drug-likeness (QED) is 0.785. The standard InChI is InChI=1S/C13H22N4O2/c1-5-19-7-6-17(4)13(18)11-10(14)8-15-12(16-11)9(2)3/h8-9H,5-7,14H2,1-4H3. The molecule has 0 radical (unpaired) electrons. The van der Waals surface area contributed by atoms with Gasteiger partial charge in [-0.25, -0.2) is 9.97 Å². The van der Waals surface area contributed by atoms with Gasteiger partial charge in [-0.05, 0) is 6.92 Å². The molecule has 0 saturated heterocycles. The summed E-state index contributed by atoms with van der Waals surface area (Å²) in [6, 6.07) is 0. The summed E-state index contributed by atoms with van der Waals surface area (Å²) in [5.41, 5.74) is 6.34. The molecule has 0 unspecified atom stereocenters. The fourth-order valence-electron chi connectivity index (χ4n) is 1.48. The molecule has 0 aliphatic carbocycles. The number of amides is 1. The van der Waals surface area contributed by atoms with Gasteiger partial charge in [0.2, 0.25) is 0 Å². The van der Waals surface area contributed by atoms with Crippen LogP contribution in [-0.4, -0.2) is 47.6 Å². The van der Waals surface area contributed by atoms with Crippen molar-refractivity contribution in [2.45, 2.75) is 26.7 Å². The zero-order chi connectivity index (χ0) is 14.4. The van der Waals surface area contributed by atoms with Gasteiger partial charge in [-0.1, -0.05) is 13.8 Å². The summed E-state index contributed by atoms with van der Waals surface area (Å²) in [6.45, 7) is 7.50. The van der Waals surface area contributed by atoms with Crippen LogP contribution >= 0.6 is 0 Å². The molecule has 2 N–H and O–H groups in total. The van der Waals surface area contributed by atoms with E-state index < -0.39 is 0 Å². The fourth-order valence-corrected chi connectivity index (χ4v) is 1.48. The van der Waals surface area contributed by atoms with E-state index in [-0.39, 0.29) is 17.5 Å². The van der Waals surface area contributed by atoms with Gasteiger partial charge in [0.25, 0.3) is 5.91 Å². The van der Waals surface area contributed by atoms with Crippen LogP contribution in [0.2, 0.25) is 0 Å². The van der Waals surface area contributed by atoms with Crippen molar-refractivity contribution in [2.75, 3.05) is 32.5 Å². The maximum atomic E-state index is 12.2. The van der Waals surface area contributed by atoms with Gasteiger partial charge in [-0.3, -0.25) is 4.79 Å². The number of hydrogen-bond acceptors (Lipinski definition) is 5. The number of nitrogens with two attached hydrogens (primary N) is 1. The highest BCUT2D eigenvalue weighted by Gasteiger charge is 2.18. The van der Waals surface area contributed by atoms with Crippen molar-refractivity contribution in [2.24, 2.45) is 0 Å². The summed E-state index contributed by atoms with van der Waals surface area (Å²) in [5, 5.41) is 0. The smallest absolute Gasteiger partial charge is 0.274 e. The molecular weight excluding hydrogens is 244 g/mol. The molecule has 0 fully saturated rings. The van der Waals surface area contributed by atoms with E-state index in [1.165, 1.54) is 6.20 Å². The monoisotopic (exact) mass is 266 g/mol. The highest BCUT2D eigenvalue weighted by atomic mass is 16.5. The summed E-state index contributed by atoms with van der Waals surface area (Å²) in [6.07, 6.45) is 1.49. The second-order valence-electron chi connectivity index (χ2n) is 4.61. The van der Waals surface area contributed by atoms with E-state index in [1.54, 1.807) is 11.9 Å². The van der Waals surface area contributed by atoms with Crippen molar-refractivity contribution < 1.29 is 9.53 Å². The van der Waals surface area contributed by atoms with E-state index in [0.29, 0.717) is 31.3 Å². The zero-order valence-corrected chi connectivity index (χ0v) is 12.0. The average Bonchev–Trinajstić information content (AvgIpc) is 2.38. The Morgan fingerprint density at radius 2 is 2.21 bits per heavy atom. The number of anilines is 1. The molecule has 0 bridgehead atoms. The molecule has 19 heavy (non-hydrogen) atoms. The van der Waals surface area contributed by atoms with Crippen LogP contribution in [0.3, 0.4) is 0 Å². The topological polar surface area (TPSA) is 81.3 Å². The predicted octanol–water partition coefficient (Wildman–Crippen LogP) is 1.29. The van der Waals surface area contributed by atoms with Gasteiger partial charge in [-0.15, -0.1) is 0 Å². The van der Waals surface area contributed by atoms with E-state index in [9.17, 15) is 4.79 Å². The van der Waals surface area contributed by atoms with E-state index in [2.05, 4.69) is 9.97 Å². The van der Waals surface area contributed by atoms with Gasteiger partial charge in [0, 0.05) is 26.1 Å². The molecule has 0 aliphatic rings. The molecular formula is C13H22N4O2. The summed E-state index contributed by atoms with van der Waals surface area (Å²) < 4.78 is 5.22. The molecule has 6 heteroatoms. The molecule has 6 nitrogen and oxygen atoms in total. The van der Waals surface area contributed by atoms with Gasteiger partial charge in [-0.2, -0.15) is 0 Å². The molecule has 0 saturated carbocycles. The third-order valence-electron chi connectivity index (χ3n) is 2.68. The molecule has 0 aromatic carbocycles. The minimum absolute atomic E-state index is 0.154. The SMILES string of the molecule is CCOCCN(C)C(=O)c1nc(C(C)C)ncc1N. The number of hydrogen-bond donors (Lipinski definition) is 1. The van der Waals surface area contributed by atoms with Gasteiger partial charge >= 0.3 is 0 Å². The maximum Gasteiger partial charge on any atom is 0.274 e. The van der Waals surface area contributed by atoms with Gasteiger partial charge in [0.1, 0.15) is 5.82 Å². The Kier molecular flexibility index (Phi) is 5.69. The first-order valence-electron chi connectivity index (χ1n) is 6.43. The predicted molar refractivity (Wildman–Crippen MR) is 74.0 cm³/mol. The molecule has 0 atom stereocenters. The van der Waals surface area contributed by atoms with Gasteiger partial charge in [0.15, 0.2) is 5.69 Å². The number of likely N-dealkylation sites (N-methyl/N-ethyl adjacent to an activating group) is 1. The normalized spacial score (nSPS) is 10.8. The van der Waals surface area contributed by atoms with Crippen LogP contribution in [0.25, 0.3) is 0 Å². The van der Waals surface area contributed by atoms with Crippen LogP contribution in [0.4, 0.5) is 5.69 Å². The first kappa shape index (κ1) is 15.4. The van der Waals surface area contributed by atoms with E-state index in [1.807, 2.05) is 20.8 Å². The van der Waals surface area contributed by atoms with Crippen molar-refractivity contribution in [1.29, 1.82) is 0 Å². The molecule has 1 amide bonds. The highest BCUT2D eigenvalue weighted by Crippen LogP contribution is 2.14. The Bertz CT molecular complexity index is 435. The molecule has 0 aliphatic heterocycles. The Morgan fingerprint density at radius 1 is 1.53 bits per heavy atom. The molecule has 106 valence electrons. The summed E-state index contributed by atoms with van der Waals surface area (Å²) >= 11 is 0. The van der Waals surface area contributed by atoms with E-state index in [0.717, 1.165) is 0 Å². The lowest BCUT2D eigenvalue weighted by Gasteiger charge is -2.18. The summed E-state index contributed by atoms with van der Waals surface area (Å²) in [7, 11) is 1.71. The third kappa shape index (κ3) is 4.17. The molecule has 1 rings (SSSR count). The van der Waals surface area contributed by atoms with Crippen molar-refractivity contribution in [1.82, 2.24) is 14.9 Å². The van der Waals surface area contributed by atoms with Crippen LogP contribution in [0.1, 0.15) is 43.0 Å². The van der Waals surface area contributed by atoms with E-state index in [4.69, 9.17) is 10.5 Å². The van der Waals surface area contributed by atoms with Gasteiger partial charge in [0.05, 0.1) is 18.5 Å². The van der Waals surface area contributed by atoms with Crippen LogP contribution < -0.4 is 5.73 Å². The summed E-state index contributed by atoms with van der Waals surface area (Å²) in [4.78, 5) is 22.2. The highest BCUT2D eigenvalue weighted by molar-refractivity contribution is 5.96. The second-order valence-corrected chi connectivity index (χ2v) is 4.61. The summed E-state index contributed by atoms with van der Waals surface area (Å²) in [5.74, 6) is 0.568. The Labute approximate surface area is 114 Å². The van der Waals surface area contributed by atoms with Crippen molar-refractivity contribution in [3.63, 3.8) is 0 Å². The number of aromatic nitrogens is 2. The third-order valence-corrected chi connectivity index (χ3v) is 2.68. The molecule has 1 aromatic rings. The number of nitrogens with zero attached hydrogens (tertiary/aromatic N) is 3. The van der Waals surface area contributed by atoms with Crippen LogP contribution in [0, 0.1) is 0 Å². The number of carbonyl (C=O) groups is 1. The number of carbonyl (C=O) groups excluding carboxylic acids is 1. The lowest BCUT2D eigenvalue weighted by Crippen LogP contribution is -2.31. The minimum Gasteiger partial charge on any atom is -0.396 e. The number of ether oxygens (including phenoxy) is 1. The molecule has 1 aromatic heterocycles. The minimum atomic E-state index is -0.207. The van der Waals surface area contributed by atoms with Crippen molar-refractivity contribution in [3.8, 4) is 0 Å². The van der Waals surface area contributed by atoms with Crippen LogP contribution in [-0.2, 0) is 4.74 Å². The lowest BCUT2D eigenvalue weighted by molar-refractivity contribution is 0.0705. The first-order valence-corrected chi connectivity index (χ1v) is 6.43. The Morgan fingerprint density at radius 3 is 2.79 bits per heavy atom. The van der Waals surface area contributed by atoms with Crippen molar-refractivity contribution in [3.05, 3.63) is 17.7 Å². The number of nitrogen functional groups attached to an aromatic ring is 1. The van der Waals surface area contributed by atoms with Crippen molar-refractivity contribution >= 4 is 11.6 Å². The largest absolute Gasteiger partial charge is 0.396 e. The first-order chi connectivity index (χ1) is 8.97.